The van der Waals surface area contributed by atoms with E-state index in [1.807, 2.05) is 24.3 Å². The molecule has 5 nitrogen and oxygen atoms in total. The molecule has 7 heteroatoms. The monoisotopic (exact) mass is 364 g/mol. The van der Waals surface area contributed by atoms with Crippen LogP contribution < -0.4 is 16.0 Å². The highest BCUT2D eigenvalue weighted by Gasteiger charge is 2.14. The van der Waals surface area contributed by atoms with Gasteiger partial charge in [0, 0.05) is 4.88 Å². The fraction of sp³-hybridized carbons (Fsp3) is 0.143. The van der Waals surface area contributed by atoms with Crippen LogP contribution in [0.3, 0.4) is 0 Å². The van der Waals surface area contributed by atoms with E-state index in [0.29, 0.717) is 17.6 Å². The summed E-state index contributed by atoms with van der Waals surface area (Å²) in [6.07, 6.45) is 0.945. The number of para-hydroxylation sites is 1. The summed E-state index contributed by atoms with van der Waals surface area (Å²) in [4.78, 5) is 10.8. The number of rotatable bonds is 4. The number of aromatic nitrogens is 2. The minimum absolute atomic E-state index is 0.342. The van der Waals surface area contributed by atoms with Gasteiger partial charge in [-0.3, -0.25) is 5.43 Å². The summed E-state index contributed by atoms with van der Waals surface area (Å²) in [7, 11) is 0. The third-order valence-corrected chi connectivity index (χ3v) is 4.76. The van der Waals surface area contributed by atoms with Crippen LogP contribution in [0.4, 0.5) is 5.95 Å². The first kappa shape index (κ1) is 14.2. The first-order valence-corrected chi connectivity index (χ1v) is 8.01. The molecular weight excluding hydrogens is 352 g/mol. The molecule has 0 spiro atoms. The van der Waals surface area contributed by atoms with Gasteiger partial charge < -0.3 is 4.74 Å². The lowest BCUT2D eigenvalue weighted by atomic mass is 10.3. The van der Waals surface area contributed by atoms with E-state index in [-0.39, 0.29) is 0 Å². The molecule has 0 aliphatic rings. The third-order valence-electron chi connectivity index (χ3n) is 2.93. The Labute approximate surface area is 134 Å². The molecule has 2 aromatic heterocycles. The zero-order valence-corrected chi connectivity index (χ0v) is 13.7. The molecular formula is C14H13BrN4OS. The van der Waals surface area contributed by atoms with Gasteiger partial charge in [-0.1, -0.05) is 19.1 Å². The molecule has 0 saturated carbocycles. The molecule has 0 saturated heterocycles. The summed E-state index contributed by atoms with van der Waals surface area (Å²) in [5.41, 5.74) is 2.48. The number of anilines is 1. The van der Waals surface area contributed by atoms with Gasteiger partial charge in [0.15, 0.2) is 0 Å². The summed E-state index contributed by atoms with van der Waals surface area (Å²) in [5.74, 6) is 6.97. The molecule has 0 radical (unpaired) electrons. The van der Waals surface area contributed by atoms with Crippen LogP contribution in [0.25, 0.3) is 10.2 Å². The summed E-state index contributed by atoms with van der Waals surface area (Å²) in [6, 6.07) is 9.69. The topological polar surface area (TPSA) is 73.1 Å². The Balaban J connectivity index is 2.11. The zero-order chi connectivity index (χ0) is 14.8. The Morgan fingerprint density at radius 1 is 1.33 bits per heavy atom. The Morgan fingerprint density at radius 3 is 2.86 bits per heavy atom. The van der Waals surface area contributed by atoms with Crippen molar-refractivity contribution in [2.24, 2.45) is 5.84 Å². The van der Waals surface area contributed by atoms with E-state index in [1.54, 1.807) is 11.3 Å². The normalized spacial score (nSPS) is 10.8. The van der Waals surface area contributed by atoms with Crippen molar-refractivity contribution in [2.75, 3.05) is 5.43 Å². The quantitative estimate of drug-likeness (QED) is 0.538. The van der Waals surface area contributed by atoms with Gasteiger partial charge in [0.2, 0.25) is 11.8 Å². The fourth-order valence-electron chi connectivity index (χ4n) is 1.89. The smallest absolute Gasteiger partial charge is 0.241 e. The van der Waals surface area contributed by atoms with Crippen molar-refractivity contribution < 1.29 is 4.74 Å². The van der Waals surface area contributed by atoms with Crippen molar-refractivity contribution in [1.29, 1.82) is 0 Å². The molecule has 0 aliphatic heterocycles. The van der Waals surface area contributed by atoms with E-state index in [0.717, 1.165) is 21.1 Å². The third kappa shape index (κ3) is 2.85. The molecule has 0 bridgehead atoms. The van der Waals surface area contributed by atoms with Crippen molar-refractivity contribution in [1.82, 2.24) is 9.97 Å². The molecule has 0 unspecified atom stereocenters. The van der Waals surface area contributed by atoms with Crippen molar-refractivity contribution in [2.45, 2.75) is 13.3 Å². The van der Waals surface area contributed by atoms with Crippen LogP contribution in [0.1, 0.15) is 11.8 Å². The second-order valence-corrected chi connectivity index (χ2v) is 6.28. The van der Waals surface area contributed by atoms with Crippen LogP contribution in [-0.4, -0.2) is 9.97 Å². The number of benzene rings is 1. The van der Waals surface area contributed by atoms with Gasteiger partial charge in [-0.05, 0) is 40.5 Å². The Bertz CT molecular complexity index is 790. The second kappa shape index (κ2) is 5.97. The predicted octanol–water partition coefficient (Wildman–Crippen LogP) is 4.09. The number of nitrogens with one attached hydrogen (secondary N) is 1. The van der Waals surface area contributed by atoms with Crippen molar-refractivity contribution in [3.05, 3.63) is 39.7 Å². The molecule has 108 valence electrons. The van der Waals surface area contributed by atoms with E-state index in [1.165, 1.54) is 4.88 Å². The van der Waals surface area contributed by atoms with Crippen LogP contribution in [0.2, 0.25) is 0 Å². The number of aryl methyl sites for hydroxylation is 1. The van der Waals surface area contributed by atoms with Crippen LogP contribution >= 0.6 is 27.3 Å². The minimum Gasteiger partial charge on any atom is -0.437 e. The molecule has 3 rings (SSSR count). The van der Waals surface area contributed by atoms with Crippen LogP contribution in [0, 0.1) is 0 Å². The number of hydrogen-bond donors (Lipinski definition) is 2. The number of hydrogen-bond acceptors (Lipinski definition) is 6. The number of nitrogens with two attached hydrogens (primary N) is 1. The van der Waals surface area contributed by atoms with Gasteiger partial charge in [0.1, 0.15) is 10.6 Å². The largest absolute Gasteiger partial charge is 0.437 e. The SMILES string of the molecule is CCc1cc2c(Oc3ccccc3Br)nc(NN)nc2s1. The van der Waals surface area contributed by atoms with E-state index >= 15 is 0 Å². The maximum Gasteiger partial charge on any atom is 0.241 e. The molecule has 0 atom stereocenters. The van der Waals surface area contributed by atoms with E-state index < -0.39 is 0 Å². The summed E-state index contributed by atoms with van der Waals surface area (Å²) in [5, 5.41) is 0.895. The summed E-state index contributed by atoms with van der Waals surface area (Å²) < 4.78 is 6.80. The van der Waals surface area contributed by atoms with E-state index in [2.05, 4.69) is 44.3 Å². The van der Waals surface area contributed by atoms with Gasteiger partial charge in [-0.25, -0.2) is 10.8 Å². The number of hydrazine groups is 1. The van der Waals surface area contributed by atoms with E-state index in [4.69, 9.17) is 10.6 Å². The molecule has 21 heavy (non-hydrogen) atoms. The molecule has 3 N–H and O–H groups in total. The highest BCUT2D eigenvalue weighted by molar-refractivity contribution is 9.10. The van der Waals surface area contributed by atoms with Gasteiger partial charge in [0.05, 0.1) is 9.86 Å². The number of nitrogen functional groups attached to an aromatic ring is 1. The molecule has 3 aromatic rings. The van der Waals surface area contributed by atoms with Crippen molar-refractivity contribution in [3.63, 3.8) is 0 Å². The highest BCUT2D eigenvalue weighted by Crippen LogP contribution is 2.36. The molecule has 1 aromatic carbocycles. The minimum atomic E-state index is 0.342. The van der Waals surface area contributed by atoms with Crippen LogP contribution in [0.15, 0.2) is 34.8 Å². The molecule has 0 amide bonds. The van der Waals surface area contributed by atoms with Crippen molar-refractivity contribution >= 4 is 43.4 Å². The molecule has 2 heterocycles. The molecule has 0 aliphatic carbocycles. The average Bonchev–Trinajstić information content (AvgIpc) is 2.92. The Hall–Kier alpha value is -1.70. The van der Waals surface area contributed by atoms with Gasteiger partial charge in [-0.15, -0.1) is 11.3 Å². The standard InChI is InChI=1S/C14H13BrN4OS/c1-2-8-7-9-12(17-14(19-16)18-13(9)21-8)20-11-6-4-3-5-10(11)15/h3-7H,2,16H2,1H3,(H,17,18,19). The lowest BCUT2D eigenvalue weighted by molar-refractivity contribution is 0.466. The first-order valence-electron chi connectivity index (χ1n) is 6.40. The first-order chi connectivity index (χ1) is 10.2. The van der Waals surface area contributed by atoms with Gasteiger partial charge >= 0.3 is 0 Å². The zero-order valence-electron chi connectivity index (χ0n) is 11.3. The summed E-state index contributed by atoms with van der Waals surface area (Å²) >= 11 is 5.08. The summed E-state index contributed by atoms with van der Waals surface area (Å²) in [6.45, 7) is 2.11. The van der Waals surface area contributed by atoms with Crippen LogP contribution in [-0.2, 0) is 6.42 Å². The number of nitrogens with zero attached hydrogens (tertiary/aromatic N) is 2. The number of ether oxygens (including phenoxy) is 1. The molecule has 0 fully saturated rings. The highest BCUT2D eigenvalue weighted by atomic mass is 79.9. The second-order valence-electron chi connectivity index (χ2n) is 4.31. The van der Waals surface area contributed by atoms with E-state index in [9.17, 15) is 0 Å². The average molecular weight is 365 g/mol. The lowest BCUT2D eigenvalue weighted by Gasteiger charge is -2.08. The van der Waals surface area contributed by atoms with Gasteiger partial charge in [0.25, 0.3) is 0 Å². The predicted molar refractivity (Wildman–Crippen MR) is 88.8 cm³/mol. The maximum atomic E-state index is 5.94. The van der Waals surface area contributed by atoms with Crippen molar-refractivity contribution in [3.8, 4) is 11.6 Å². The Morgan fingerprint density at radius 2 is 2.14 bits per heavy atom. The number of halogens is 1. The van der Waals surface area contributed by atoms with Gasteiger partial charge in [-0.2, -0.15) is 4.98 Å². The maximum absolute atomic E-state index is 5.94. The lowest BCUT2D eigenvalue weighted by Crippen LogP contribution is -2.10. The number of fused-ring (bicyclic) bond motifs is 1. The van der Waals surface area contributed by atoms with Crippen LogP contribution in [0.5, 0.6) is 11.6 Å². The Kier molecular flexibility index (Phi) is 4.05. The fourth-order valence-corrected chi connectivity index (χ4v) is 3.22. The number of thiophene rings is 1.